The van der Waals surface area contributed by atoms with Crippen molar-refractivity contribution in [1.82, 2.24) is 20.1 Å². The van der Waals surface area contributed by atoms with Gasteiger partial charge in [0.05, 0.1) is 11.7 Å². The van der Waals surface area contributed by atoms with Crippen LogP contribution in [-0.4, -0.2) is 21.3 Å². The lowest BCUT2D eigenvalue weighted by Gasteiger charge is -2.18. The van der Waals surface area contributed by atoms with E-state index in [-0.39, 0.29) is 6.04 Å². The highest BCUT2D eigenvalue weighted by atomic mass is 79.9. The van der Waals surface area contributed by atoms with Crippen molar-refractivity contribution >= 4 is 15.9 Å². The van der Waals surface area contributed by atoms with Gasteiger partial charge in [0.15, 0.2) is 0 Å². The van der Waals surface area contributed by atoms with E-state index in [0.717, 1.165) is 22.3 Å². The van der Waals surface area contributed by atoms with Crippen LogP contribution in [0.25, 0.3) is 0 Å². The Kier molecular flexibility index (Phi) is 3.91. The highest BCUT2D eigenvalue weighted by Crippen LogP contribution is 2.22. The van der Waals surface area contributed by atoms with Gasteiger partial charge in [-0.3, -0.25) is 9.67 Å². The number of aryl methyl sites for hydroxylation is 1. The van der Waals surface area contributed by atoms with Crippen molar-refractivity contribution < 1.29 is 0 Å². The highest BCUT2D eigenvalue weighted by Gasteiger charge is 2.16. The first-order valence-corrected chi connectivity index (χ1v) is 6.33. The summed E-state index contributed by atoms with van der Waals surface area (Å²) in [4.78, 5) is 4.21. The van der Waals surface area contributed by atoms with Crippen molar-refractivity contribution in [2.75, 3.05) is 6.54 Å². The third-order valence-electron chi connectivity index (χ3n) is 2.62. The van der Waals surface area contributed by atoms with Crippen molar-refractivity contribution in [1.29, 1.82) is 0 Å². The topological polar surface area (TPSA) is 42.7 Å². The first kappa shape index (κ1) is 12.3. The van der Waals surface area contributed by atoms with Gasteiger partial charge in [0.2, 0.25) is 0 Å². The molecule has 0 spiro atoms. The molecule has 0 radical (unpaired) electrons. The summed E-state index contributed by atoms with van der Waals surface area (Å²) >= 11 is 3.45. The van der Waals surface area contributed by atoms with Gasteiger partial charge in [0.25, 0.3) is 0 Å². The van der Waals surface area contributed by atoms with Gasteiger partial charge in [-0.1, -0.05) is 6.92 Å². The van der Waals surface area contributed by atoms with Crippen LogP contribution in [0.15, 0.2) is 35.2 Å². The second-order valence-corrected chi connectivity index (χ2v) is 4.72. The summed E-state index contributed by atoms with van der Waals surface area (Å²) < 4.78 is 2.87. The van der Waals surface area contributed by atoms with E-state index < -0.39 is 0 Å². The quantitative estimate of drug-likeness (QED) is 0.941. The predicted molar refractivity (Wildman–Crippen MR) is 70.7 cm³/mol. The zero-order chi connectivity index (χ0) is 12.3. The molecule has 5 heteroatoms. The van der Waals surface area contributed by atoms with Crippen LogP contribution < -0.4 is 5.32 Å². The molecule has 0 aliphatic heterocycles. The van der Waals surface area contributed by atoms with Gasteiger partial charge < -0.3 is 5.32 Å². The SMILES string of the molecule is CCNC(c1cncc(Br)c1)c1ccnn1C. The van der Waals surface area contributed by atoms with E-state index >= 15 is 0 Å². The zero-order valence-corrected chi connectivity index (χ0v) is 11.5. The molecule has 0 amide bonds. The van der Waals surface area contributed by atoms with Crippen LogP contribution in [0, 0.1) is 0 Å². The summed E-state index contributed by atoms with van der Waals surface area (Å²) in [5.41, 5.74) is 2.26. The van der Waals surface area contributed by atoms with Gasteiger partial charge in [-0.25, -0.2) is 0 Å². The molecular weight excluding hydrogens is 280 g/mol. The molecule has 0 saturated heterocycles. The van der Waals surface area contributed by atoms with Gasteiger partial charge >= 0.3 is 0 Å². The molecule has 0 aliphatic carbocycles. The summed E-state index contributed by atoms with van der Waals surface area (Å²) in [6.07, 6.45) is 5.48. The minimum atomic E-state index is 0.123. The summed E-state index contributed by atoms with van der Waals surface area (Å²) in [5.74, 6) is 0. The maximum atomic E-state index is 4.21. The molecular formula is C12H15BrN4. The van der Waals surface area contributed by atoms with Crippen LogP contribution in [0.1, 0.15) is 24.2 Å². The van der Waals surface area contributed by atoms with Gasteiger partial charge in [0, 0.05) is 30.1 Å². The Labute approximate surface area is 109 Å². The molecule has 90 valence electrons. The number of nitrogens with one attached hydrogen (secondary N) is 1. The number of hydrogen-bond acceptors (Lipinski definition) is 3. The predicted octanol–water partition coefficient (Wildman–Crippen LogP) is 2.28. The van der Waals surface area contributed by atoms with Crippen LogP contribution in [0.2, 0.25) is 0 Å². The number of nitrogens with zero attached hydrogens (tertiary/aromatic N) is 3. The van der Waals surface area contributed by atoms with Gasteiger partial charge in [-0.05, 0) is 40.2 Å². The lowest BCUT2D eigenvalue weighted by Crippen LogP contribution is -2.24. The van der Waals surface area contributed by atoms with Crippen molar-refractivity contribution in [2.45, 2.75) is 13.0 Å². The fraction of sp³-hybridized carbons (Fsp3) is 0.333. The van der Waals surface area contributed by atoms with Crippen molar-refractivity contribution in [3.8, 4) is 0 Å². The van der Waals surface area contributed by atoms with Crippen LogP contribution in [0.3, 0.4) is 0 Å². The molecule has 2 heterocycles. The van der Waals surface area contributed by atoms with E-state index in [2.05, 4.69) is 44.3 Å². The molecule has 1 unspecified atom stereocenters. The second-order valence-electron chi connectivity index (χ2n) is 3.81. The van der Waals surface area contributed by atoms with Crippen LogP contribution in [0.4, 0.5) is 0 Å². The first-order chi connectivity index (χ1) is 8.22. The van der Waals surface area contributed by atoms with Gasteiger partial charge in [-0.2, -0.15) is 5.10 Å². The molecule has 2 aromatic rings. The van der Waals surface area contributed by atoms with E-state index in [0.29, 0.717) is 0 Å². The molecule has 2 aromatic heterocycles. The van der Waals surface area contributed by atoms with E-state index in [1.165, 1.54) is 0 Å². The molecule has 4 nitrogen and oxygen atoms in total. The van der Waals surface area contributed by atoms with Crippen molar-refractivity contribution in [3.63, 3.8) is 0 Å². The summed E-state index contributed by atoms with van der Waals surface area (Å²) in [6, 6.07) is 4.22. The van der Waals surface area contributed by atoms with Gasteiger partial charge in [-0.15, -0.1) is 0 Å². The largest absolute Gasteiger partial charge is 0.305 e. The number of pyridine rings is 1. The molecule has 1 atom stereocenters. The zero-order valence-electron chi connectivity index (χ0n) is 9.89. The fourth-order valence-electron chi connectivity index (χ4n) is 1.85. The lowest BCUT2D eigenvalue weighted by molar-refractivity contribution is 0.571. The number of aromatic nitrogens is 3. The monoisotopic (exact) mass is 294 g/mol. The molecule has 0 aliphatic rings. The maximum absolute atomic E-state index is 4.21. The third kappa shape index (κ3) is 2.73. The van der Waals surface area contributed by atoms with E-state index in [1.807, 2.05) is 30.2 Å². The number of hydrogen-bond donors (Lipinski definition) is 1. The van der Waals surface area contributed by atoms with E-state index in [9.17, 15) is 0 Å². The highest BCUT2D eigenvalue weighted by molar-refractivity contribution is 9.10. The van der Waals surface area contributed by atoms with Crippen LogP contribution >= 0.6 is 15.9 Å². The Balaban J connectivity index is 2.39. The fourth-order valence-corrected chi connectivity index (χ4v) is 2.23. The molecule has 0 fully saturated rings. The van der Waals surface area contributed by atoms with E-state index in [4.69, 9.17) is 0 Å². The first-order valence-electron chi connectivity index (χ1n) is 5.54. The summed E-state index contributed by atoms with van der Waals surface area (Å²) in [7, 11) is 1.95. The summed E-state index contributed by atoms with van der Waals surface area (Å²) in [5, 5.41) is 7.66. The molecule has 2 rings (SSSR count). The minimum Gasteiger partial charge on any atom is -0.305 e. The molecule has 0 bridgehead atoms. The van der Waals surface area contributed by atoms with Crippen molar-refractivity contribution in [2.24, 2.45) is 7.05 Å². The summed E-state index contributed by atoms with van der Waals surface area (Å²) in [6.45, 7) is 2.98. The Bertz CT molecular complexity index is 495. The standard InChI is InChI=1S/C12H15BrN4/c1-3-15-12(11-4-5-16-17(11)2)9-6-10(13)8-14-7-9/h4-8,12,15H,3H2,1-2H3. The number of rotatable bonds is 4. The number of halogens is 1. The van der Waals surface area contributed by atoms with Crippen LogP contribution in [-0.2, 0) is 7.05 Å². The Morgan fingerprint density at radius 3 is 2.88 bits per heavy atom. The smallest absolute Gasteiger partial charge is 0.0763 e. The Morgan fingerprint density at radius 2 is 2.29 bits per heavy atom. The van der Waals surface area contributed by atoms with Crippen molar-refractivity contribution in [3.05, 3.63) is 46.5 Å². The van der Waals surface area contributed by atoms with E-state index in [1.54, 1.807) is 6.20 Å². The normalized spacial score (nSPS) is 12.6. The average Bonchev–Trinajstić information content (AvgIpc) is 2.72. The lowest BCUT2D eigenvalue weighted by atomic mass is 10.1. The second kappa shape index (κ2) is 5.42. The van der Waals surface area contributed by atoms with Gasteiger partial charge in [0.1, 0.15) is 0 Å². The Hall–Kier alpha value is -1.20. The minimum absolute atomic E-state index is 0.123. The molecule has 0 aromatic carbocycles. The third-order valence-corrected chi connectivity index (χ3v) is 3.06. The average molecular weight is 295 g/mol. The maximum Gasteiger partial charge on any atom is 0.0763 e. The van der Waals surface area contributed by atoms with Crippen LogP contribution in [0.5, 0.6) is 0 Å². The Morgan fingerprint density at radius 1 is 1.47 bits per heavy atom. The molecule has 0 saturated carbocycles. The molecule has 17 heavy (non-hydrogen) atoms. The molecule has 1 N–H and O–H groups in total.